The molecule has 1 amide bonds. The molecule has 2 aromatic rings. The first-order chi connectivity index (χ1) is 11.4. The zero-order valence-electron chi connectivity index (χ0n) is 12.5. The predicted molar refractivity (Wildman–Crippen MR) is 98.6 cm³/mol. The summed E-state index contributed by atoms with van der Waals surface area (Å²) in [5.41, 5.74) is 1.62. The van der Waals surface area contributed by atoms with E-state index in [-0.39, 0.29) is 5.57 Å². The highest BCUT2D eigenvalue weighted by Crippen LogP contribution is 2.29. The van der Waals surface area contributed by atoms with E-state index in [4.69, 9.17) is 34.8 Å². The summed E-state index contributed by atoms with van der Waals surface area (Å²) in [5.74, 6) is -0.562. The highest BCUT2D eigenvalue weighted by molar-refractivity contribution is 6.43. The minimum atomic E-state index is -0.562. The van der Waals surface area contributed by atoms with E-state index in [2.05, 4.69) is 10.6 Å². The maximum atomic E-state index is 12.2. The Balaban J connectivity index is 2.18. The predicted octanol–water partition coefficient (Wildman–Crippen LogP) is 5.41. The molecule has 7 heteroatoms. The number of nitriles is 1. The molecule has 0 unspecified atom stereocenters. The van der Waals surface area contributed by atoms with Crippen LogP contribution in [0.2, 0.25) is 15.1 Å². The molecule has 0 saturated heterocycles. The molecule has 122 valence electrons. The fraction of sp³-hybridized carbons (Fsp3) is 0.0588. The van der Waals surface area contributed by atoms with Crippen LogP contribution < -0.4 is 10.6 Å². The first-order valence-electron chi connectivity index (χ1n) is 6.81. The van der Waals surface area contributed by atoms with Gasteiger partial charge in [0.25, 0.3) is 5.91 Å². The lowest BCUT2D eigenvalue weighted by Crippen LogP contribution is -2.15. The Bertz CT molecular complexity index is 857. The lowest BCUT2D eigenvalue weighted by molar-refractivity contribution is -0.112. The number of nitrogens with one attached hydrogen (secondary N) is 2. The van der Waals surface area contributed by atoms with Crippen LogP contribution in [-0.4, -0.2) is 5.91 Å². The molecule has 0 aliphatic carbocycles. The van der Waals surface area contributed by atoms with Gasteiger partial charge in [0.1, 0.15) is 11.6 Å². The van der Waals surface area contributed by atoms with Crippen molar-refractivity contribution < 1.29 is 4.79 Å². The van der Waals surface area contributed by atoms with Crippen LogP contribution in [-0.2, 0) is 4.79 Å². The van der Waals surface area contributed by atoms with Crippen molar-refractivity contribution in [2.75, 3.05) is 10.6 Å². The lowest BCUT2D eigenvalue weighted by Gasteiger charge is -2.09. The normalized spacial score (nSPS) is 10.9. The molecule has 0 spiro atoms. The number of carbonyl (C=O) groups is 1. The van der Waals surface area contributed by atoms with Gasteiger partial charge in [0.2, 0.25) is 0 Å². The molecule has 2 aromatic carbocycles. The van der Waals surface area contributed by atoms with E-state index in [1.165, 1.54) is 6.20 Å². The minimum Gasteiger partial charge on any atom is -0.359 e. The third-order valence-electron chi connectivity index (χ3n) is 3.20. The Morgan fingerprint density at radius 2 is 1.71 bits per heavy atom. The SMILES string of the molecule is Cc1c(Cl)cccc1NC(=O)/C(C#N)=C\Nc1cccc(Cl)c1Cl. The Kier molecular flexibility index (Phi) is 6.10. The van der Waals surface area contributed by atoms with Crippen LogP contribution >= 0.6 is 34.8 Å². The van der Waals surface area contributed by atoms with Crippen LogP contribution in [0, 0.1) is 18.3 Å². The lowest BCUT2D eigenvalue weighted by atomic mass is 10.2. The third-order valence-corrected chi connectivity index (χ3v) is 4.43. The molecule has 0 aromatic heterocycles. The largest absolute Gasteiger partial charge is 0.359 e. The van der Waals surface area contributed by atoms with Gasteiger partial charge in [-0.15, -0.1) is 0 Å². The topological polar surface area (TPSA) is 64.9 Å². The molecular formula is C17H12Cl3N3O. The molecule has 2 N–H and O–H groups in total. The maximum Gasteiger partial charge on any atom is 0.267 e. The molecule has 0 fully saturated rings. The summed E-state index contributed by atoms with van der Waals surface area (Å²) >= 11 is 18.0. The van der Waals surface area contributed by atoms with E-state index in [0.29, 0.717) is 26.4 Å². The second-order valence-electron chi connectivity index (χ2n) is 4.78. The zero-order chi connectivity index (χ0) is 17.7. The van der Waals surface area contributed by atoms with Crippen molar-refractivity contribution in [1.82, 2.24) is 0 Å². The number of hydrogen-bond donors (Lipinski definition) is 2. The van der Waals surface area contributed by atoms with Crippen LogP contribution in [0.3, 0.4) is 0 Å². The smallest absolute Gasteiger partial charge is 0.267 e. The Morgan fingerprint density at radius 1 is 1.08 bits per heavy atom. The van der Waals surface area contributed by atoms with Crippen molar-refractivity contribution in [2.24, 2.45) is 0 Å². The van der Waals surface area contributed by atoms with E-state index in [9.17, 15) is 10.1 Å². The van der Waals surface area contributed by atoms with Crippen LogP contribution in [0.5, 0.6) is 0 Å². The van der Waals surface area contributed by atoms with E-state index in [0.717, 1.165) is 5.56 Å². The van der Waals surface area contributed by atoms with Crippen LogP contribution in [0.15, 0.2) is 48.2 Å². The quantitative estimate of drug-likeness (QED) is 0.550. The number of nitrogens with zero attached hydrogens (tertiary/aromatic N) is 1. The van der Waals surface area contributed by atoms with Crippen LogP contribution in [0.25, 0.3) is 0 Å². The molecule has 0 atom stereocenters. The number of anilines is 2. The second kappa shape index (κ2) is 8.07. The second-order valence-corrected chi connectivity index (χ2v) is 5.97. The number of carbonyl (C=O) groups excluding carboxylic acids is 1. The van der Waals surface area contributed by atoms with Gasteiger partial charge in [-0.05, 0) is 36.8 Å². The van der Waals surface area contributed by atoms with Gasteiger partial charge in [0.15, 0.2) is 0 Å². The van der Waals surface area contributed by atoms with Crippen molar-refractivity contribution in [2.45, 2.75) is 6.92 Å². The average molecular weight is 381 g/mol. The Hall–Kier alpha value is -2.19. The fourth-order valence-electron chi connectivity index (χ4n) is 1.85. The van der Waals surface area contributed by atoms with Gasteiger partial charge in [0, 0.05) is 16.9 Å². The molecule has 0 aliphatic heterocycles. The zero-order valence-corrected chi connectivity index (χ0v) is 14.8. The molecule has 2 rings (SSSR count). The summed E-state index contributed by atoms with van der Waals surface area (Å²) in [5, 5.41) is 15.9. The molecule has 0 bridgehead atoms. The van der Waals surface area contributed by atoms with E-state index in [1.54, 1.807) is 43.3 Å². The van der Waals surface area contributed by atoms with Crippen LogP contribution in [0.1, 0.15) is 5.56 Å². The molecular weight excluding hydrogens is 369 g/mol. The highest BCUT2D eigenvalue weighted by atomic mass is 35.5. The molecule has 0 saturated carbocycles. The molecule has 0 radical (unpaired) electrons. The summed E-state index contributed by atoms with van der Waals surface area (Å²) in [7, 11) is 0. The van der Waals surface area contributed by atoms with Gasteiger partial charge >= 0.3 is 0 Å². The highest BCUT2D eigenvalue weighted by Gasteiger charge is 2.12. The van der Waals surface area contributed by atoms with Gasteiger partial charge < -0.3 is 10.6 Å². The third kappa shape index (κ3) is 4.21. The van der Waals surface area contributed by atoms with Crippen molar-refractivity contribution in [3.8, 4) is 6.07 Å². The minimum absolute atomic E-state index is 0.120. The summed E-state index contributed by atoms with van der Waals surface area (Å²) in [6, 6.07) is 12.0. The van der Waals surface area contributed by atoms with Gasteiger partial charge in [-0.25, -0.2) is 0 Å². The number of amides is 1. The summed E-state index contributed by atoms with van der Waals surface area (Å²) in [4.78, 5) is 12.2. The van der Waals surface area contributed by atoms with Gasteiger partial charge in [0.05, 0.1) is 15.7 Å². The summed E-state index contributed by atoms with van der Waals surface area (Å²) in [6.07, 6.45) is 1.27. The standard InChI is InChI=1S/C17H12Cl3N3O/c1-10-12(18)4-2-6-14(10)23-17(24)11(8-21)9-22-15-7-3-5-13(19)16(15)20/h2-7,9,22H,1H3,(H,23,24)/b11-9-. The molecule has 0 aliphatic rings. The maximum absolute atomic E-state index is 12.2. The molecule has 0 heterocycles. The number of rotatable bonds is 4. The van der Waals surface area contributed by atoms with Gasteiger partial charge in [-0.2, -0.15) is 5.26 Å². The van der Waals surface area contributed by atoms with Gasteiger partial charge in [-0.3, -0.25) is 4.79 Å². The number of benzene rings is 2. The van der Waals surface area contributed by atoms with E-state index in [1.807, 2.05) is 6.07 Å². The van der Waals surface area contributed by atoms with Crippen LogP contribution in [0.4, 0.5) is 11.4 Å². The number of halogens is 3. The number of hydrogen-bond acceptors (Lipinski definition) is 3. The monoisotopic (exact) mass is 379 g/mol. The van der Waals surface area contributed by atoms with E-state index < -0.39 is 5.91 Å². The van der Waals surface area contributed by atoms with Crippen molar-refractivity contribution in [1.29, 1.82) is 5.26 Å². The fourth-order valence-corrected chi connectivity index (χ4v) is 2.38. The Labute approximate surface area is 154 Å². The summed E-state index contributed by atoms with van der Waals surface area (Å²) < 4.78 is 0. The summed E-state index contributed by atoms with van der Waals surface area (Å²) in [6.45, 7) is 1.78. The molecule has 4 nitrogen and oxygen atoms in total. The van der Waals surface area contributed by atoms with Crippen molar-refractivity contribution in [3.63, 3.8) is 0 Å². The first-order valence-corrected chi connectivity index (χ1v) is 7.94. The van der Waals surface area contributed by atoms with Gasteiger partial charge in [-0.1, -0.05) is 46.9 Å². The average Bonchev–Trinajstić information content (AvgIpc) is 2.56. The van der Waals surface area contributed by atoms with Crippen molar-refractivity contribution in [3.05, 3.63) is 68.8 Å². The first kappa shape index (κ1) is 18.2. The Morgan fingerprint density at radius 3 is 2.38 bits per heavy atom. The van der Waals surface area contributed by atoms with Crippen molar-refractivity contribution >= 4 is 52.1 Å². The van der Waals surface area contributed by atoms with E-state index >= 15 is 0 Å². The molecule has 24 heavy (non-hydrogen) atoms.